The van der Waals surface area contributed by atoms with Crippen LogP contribution >= 0.6 is 15.9 Å². The second kappa shape index (κ2) is 6.11. The Morgan fingerprint density at radius 3 is 2.81 bits per heavy atom. The Labute approximate surface area is 131 Å². The van der Waals surface area contributed by atoms with Gasteiger partial charge in [0.25, 0.3) is 5.69 Å². The maximum absolute atomic E-state index is 12.5. The summed E-state index contributed by atoms with van der Waals surface area (Å²) in [6, 6.07) is 3.05. The van der Waals surface area contributed by atoms with Gasteiger partial charge < -0.3 is 10.6 Å². The zero-order valence-corrected chi connectivity index (χ0v) is 13.6. The Morgan fingerprint density at radius 2 is 2.29 bits per heavy atom. The van der Waals surface area contributed by atoms with E-state index in [2.05, 4.69) is 26.6 Å². The van der Waals surface area contributed by atoms with E-state index in [0.29, 0.717) is 22.1 Å². The number of nitro benzene ring substituents is 1. The van der Waals surface area contributed by atoms with Gasteiger partial charge in [0.15, 0.2) is 0 Å². The highest BCUT2D eigenvalue weighted by molar-refractivity contribution is 9.10. The average Bonchev–Trinajstić information content (AvgIpc) is 2.91. The van der Waals surface area contributed by atoms with Crippen LogP contribution in [0, 0.1) is 17.0 Å². The molecule has 1 saturated heterocycles. The standard InChI is InChI=1S/C14H18BrN3O3/c1-3-14(5-4-6-16-14)13(19)17-11-8-12(18(20)21)9(2)7-10(11)15/h7-8,16H,3-6H2,1-2H3,(H,17,19). The molecule has 0 bridgehead atoms. The van der Waals surface area contributed by atoms with E-state index in [1.54, 1.807) is 13.0 Å². The first-order chi connectivity index (χ1) is 9.89. The predicted molar refractivity (Wildman–Crippen MR) is 84.4 cm³/mol. The SMILES string of the molecule is CCC1(C(=O)Nc2cc([N+](=O)[O-])c(C)cc2Br)CCCN1. The molecule has 0 radical (unpaired) electrons. The first-order valence-electron chi connectivity index (χ1n) is 6.90. The van der Waals surface area contributed by atoms with Crippen molar-refractivity contribution in [2.75, 3.05) is 11.9 Å². The topological polar surface area (TPSA) is 84.3 Å². The Bertz CT molecular complexity index is 583. The van der Waals surface area contributed by atoms with Gasteiger partial charge in [0.05, 0.1) is 16.1 Å². The minimum Gasteiger partial charge on any atom is -0.323 e. The van der Waals surface area contributed by atoms with E-state index in [4.69, 9.17) is 0 Å². The fourth-order valence-corrected chi connectivity index (χ4v) is 3.22. The number of amides is 1. The predicted octanol–water partition coefficient (Wildman–Crippen LogP) is 3.14. The first-order valence-corrected chi connectivity index (χ1v) is 7.70. The number of aryl methyl sites for hydroxylation is 1. The van der Waals surface area contributed by atoms with Gasteiger partial charge in [0, 0.05) is 16.1 Å². The number of carbonyl (C=O) groups excluding carboxylic acids is 1. The normalized spacial score (nSPS) is 21.3. The number of nitrogens with zero attached hydrogens (tertiary/aromatic N) is 1. The Kier molecular flexibility index (Phi) is 4.63. The van der Waals surface area contributed by atoms with Crippen LogP contribution in [0.4, 0.5) is 11.4 Å². The van der Waals surface area contributed by atoms with Gasteiger partial charge in [-0.3, -0.25) is 14.9 Å². The molecule has 1 unspecified atom stereocenters. The lowest BCUT2D eigenvalue weighted by atomic mass is 9.93. The summed E-state index contributed by atoms with van der Waals surface area (Å²) < 4.78 is 0.642. The third-order valence-corrected chi connectivity index (χ3v) is 4.67. The average molecular weight is 356 g/mol. The van der Waals surface area contributed by atoms with Gasteiger partial charge in [-0.1, -0.05) is 6.92 Å². The van der Waals surface area contributed by atoms with Gasteiger partial charge in [-0.25, -0.2) is 0 Å². The lowest BCUT2D eigenvalue weighted by Gasteiger charge is -2.27. The maximum Gasteiger partial charge on any atom is 0.274 e. The molecule has 1 aromatic carbocycles. The van der Waals surface area contributed by atoms with Crippen molar-refractivity contribution in [2.45, 2.75) is 38.6 Å². The molecule has 21 heavy (non-hydrogen) atoms. The fourth-order valence-electron chi connectivity index (χ4n) is 2.66. The monoisotopic (exact) mass is 355 g/mol. The quantitative estimate of drug-likeness (QED) is 0.641. The third kappa shape index (κ3) is 3.08. The summed E-state index contributed by atoms with van der Waals surface area (Å²) in [4.78, 5) is 23.1. The van der Waals surface area contributed by atoms with Crippen LogP contribution in [0.15, 0.2) is 16.6 Å². The lowest BCUT2D eigenvalue weighted by molar-refractivity contribution is -0.385. The van der Waals surface area contributed by atoms with E-state index in [0.717, 1.165) is 19.4 Å². The summed E-state index contributed by atoms with van der Waals surface area (Å²) in [5.74, 6) is -0.138. The van der Waals surface area contributed by atoms with Gasteiger partial charge in [0.2, 0.25) is 5.91 Å². The summed E-state index contributed by atoms with van der Waals surface area (Å²) >= 11 is 3.35. The minimum absolute atomic E-state index is 0.00145. The van der Waals surface area contributed by atoms with E-state index in [9.17, 15) is 14.9 Å². The zero-order valence-electron chi connectivity index (χ0n) is 12.0. The molecule has 1 aromatic rings. The number of hydrogen-bond acceptors (Lipinski definition) is 4. The van der Waals surface area contributed by atoms with Crippen LogP contribution in [0.2, 0.25) is 0 Å². The van der Waals surface area contributed by atoms with Crippen molar-refractivity contribution in [3.05, 3.63) is 32.3 Å². The molecule has 0 spiro atoms. The number of nitrogens with one attached hydrogen (secondary N) is 2. The van der Waals surface area contributed by atoms with Gasteiger partial charge in [-0.2, -0.15) is 0 Å². The highest BCUT2D eigenvalue weighted by atomic mass is 79.9. The van der Waals surface area contributed by atoms with Crippen LogP contribution in [0.1, 0.15) is 31.7 Å². The smallest absolute Gasteiger partial charge is 0.274 e. The molecule has 6 nitrogen and oxygen atoms in total. The third-order valence-electron chi connectivity index (χ3n) is 4.01. The Hall–Kier alpha value is -1.47. The van der Waals surface area contributed by atoms with Crippen molar-refractivity contribution < 1.29 is 9.72 Å². The first kappa shape index (κ1) is 15.9. The van der Waals surface area contributed by atoms with Crippen LogP contribution in [0.3, 0.4) is 0 Å². The van der Waals surface area contributed by atoms with Crippen molar-refractivity contribution in [1.82, 2.24) is 5.32 Å². The van der Waals surface area contributed by atoms with E-state index in [-0.39, 0.29) is 11.6 Å². The van der Waals surface area contributed by atoms with Crippen LogP contribution in [0.25, 0.3) is 0 Å². The molecule has 1 aliphatic heterocycles. The van der Waals surface area contributed by atoms with Gasteiger partial charge in [-0.15, -0.1) is 0 Å². The van der Waals surface area contributed by atoms with Crippen molar-refractivity contribution in [1.29, 1.82) is 0 Å². The number of carbonyl (C=O) groups is 1. The number of halogens is 1. The molecule has 0 aromatic heterocycles. The zero-order chi connectivity index (χ0) is 15.6. The number of nitro groups is 1. The summed E-state index contributed by atoms with van der Waals surface area (Å²) in [5.41, 5.74) is 0.408. The van der Waals surface area contributed by atoms with Crippen LogP contribution in [-0.2, 0) is 4.79 Å². The number of hydrogen-bond donors (Lipinski definition) is 2. The van der Waals surface area contributed by atoms with Gasteiger partial charge >= 0.3 is 0 Å². The van der Waals surface area contributed by atoms with E-state index in [1.165, 1.54) is 6.07 Å². The summed E-state index contributed by atoms with van der Waals surface area (Å²) in [7, 11) is 0. The van der Waals surface area contributed by atoms with Crippen molar-refractivity contribution in [3.8, 4) is 0 Å². The van der Waals surface area contributed by atoms with Gasteiger partial charge in [0.1, 0.15) is 0 Å². The molecule has 1 amide bonds. The molecule has 1 atom stereocenters. The fraction of sp³-hybridized carbons (Fsp3) is 0.500. The summed E-state index contributed by atoms with van der Waals surface area (Å²) in [6.07, 6.45) is 2.42. The van der Waals surface area contributed by atoms with Crippen LogP contribution in [0.5, 0.6) is 0 Å². The van der Waals surface area contributed by atoms with Gasteiger partial charge in [-0.05, 0) is 54.7 Å². The highest BCUT2D eigenvalue weighted by Crippen LogP contribution is 2.32. The molecular weight excluding hydrogens is 338 g/mol. The van der Waals surface area contributed by atoms with Crippen molar-refractivity contribution in [2.24, 2.45) is 0 Å². The largest absolute Gasteiger partial charge is 0.323 e. The Balaban J connectivity index is 2.29. The molecule has 1 fully saturated rings. The molecule has 0 saturated carbocycles. The minimum atomic E-state index is -0.570. The van der Waals surface area contributed by atoms with Crippen molar-refractivity contribution in [3.63, 3.8) is 0 Å². The lowest BCUT2D eigenvalue weighted by Crippen LogP contribution is -2.50. The highest BCUT2D eigenvalue weighted by Gasteiger charge is 2.39. The molecule has 7 heteroatoms. The summed E-state index contributed by atoms with van der Waals surface area (Å²) in [6.45, 7) is 4.45. The van der Waals surface area contributed by atoms with Crippen molar-refractivity contribution >= 4 is 33.2 Å². The van der Waals surface area contributed by atoms with E-state index >= 15 is 0 Å². The molecule has 2 N–H and O–H groups in total. The van der Waals surface area contributed by atoms with Crippen LogP contribution in [-0.4, -0.2) is 22.9 Å². The van der Waals surface area contributed by atoms with E-state index < -0.39 is 10.5 Å². The summed E-state index contributed by atoms with van der Waals surface area (Å²) in [5, 5.41) is 17.1. The number of benzene rings is 1. The second-order valence-electron chi connectivity index (χ2n) is 5.30. The number of rotatable bonds is 4. The molecule has 2 rings (SSSR count). The van der Waals surface area contributed by atoms with Crippen LogP contribution < -0.4 is 10.6 Å². The second-order valence-corrected chi connectivity index (χ2v) is 6.15. The number of anilines is 1. The Morgan fingerprint density at radius 1 is 1.57 bits per heavy atom. The van der Waals surface area contributed by atoms with E-state index in [1.807, 2.05) is 6.92 Å². The maximum atomic E-state index is 12.5. The molecule has 0 aliphatic carbocycles. The molecule has 114 valence electrons. The molecule has 1 aliphatic rings. The molecular formula is C14H18BrN3O3. The molecule has 1 heterocycles.